The maximum atomic E-state index is 11.0. The van der Waals surface area contributed by atoms with Gasteiger partial charge in [0, 0.05) is 3.57 Å². The van der Waals surface area contributed by atoms with Crippen LogP contribution in [0.15, 0.2) is 42.5 Å². The van der Waals surface area contributed by atoms with Crippen molar-refractivity contribution in [2.45, 2.75) is 6.61 Å². The van der Waals surface area contributed by atoms with Crippen molar-refractivity contribution in [3.8, 4) is 11.5 Å². The largest absolute Gasteiger partial charge is 0.497 e. The van der Waals surface area contributed by atoms with E-state index in [1.54, 1.807) is 25.3 Å². The average molecular weight is 368 g/mol. The molecule has 0 radical (unpaired) electrons. The first-order chi connectivity index (χ1) is 9.22. The van der Waals surface area contributed by atoms with Gasteiger partial charge >= 0.3 is 0 Å². The number of benzene rings is 2. The summed E-state index contributed by atoms with van der Waals surface area (Å²) in [6, 6.07) is 13.2. The molecule has 0 aliphatic heterocycles. The lowest BCUT2D eigenvalue weighted by atomic mass is 10.2. The number of carbonyl (C=O) groups is 1. The van der Waals surface area contributed by atoms with Crippen molar-refractivity contribution in [2.24, 2.45) is 0 Å². The highest BCUT2D eigenvalue weighted by Crippen LogP contribution is 2.23. The number of halogens is 1. The first-order valence-electron chi connectivity index (χ1n) is 5.73. The van der Waals surface area contributed by atoms with Gasteiger partial charge in [-0.3, -0.25) is 4.79 Å². The van der Waals surface area contributed by atoms with Gasteiger partial charge in [-0.1, -0.05) is 12.1 Å². The van der Waals surface area contributed by atoms with Crippen molar-refractivity contribution in [3.63, 3.8) is 0 Å². The fourth-order valence-corrected chi connectivity index (χ4v) is 1.98. The normalized spacial score (nSPS) is 10.0. The molecule has 0 saturated heterocycles. The second kappa shape index (κ2) is 6.56. The van der Waals surface area contributed by atoms with Crippen LogP contribution in [-0.2, 0) is 6.61 Å². The first kappa shape index (κ1) is 13.9. The number of rotatable bonds is 5. The van der Waals surface area contributed by atoms with Crippen LogP contribution in [0.25, 0.3) is 0 Å². The summed E-state index contributed by atoms with van der Waals surface area (Å²) in [7, 11) is 1.57. The highest BCUT2D eigenvalue weighted by atomic mass is 127. The minimum absolute atomic E-state index is 0.435. The van der Waals surface area contributed by atoms with Crippen LogP contribution in [0, 0.1) is 3.57 Å². The predicted molar refractivity (Wildman–Crippen MR) is 81.9 cm³/mol. The molecule has 0 aromatic heterocycles. The lowest BCUT2D eigenvalue weighted by molar-refractivity contribution is 0.111. The summed E-state index contributed by atoms with van der Waals surface area (Å²) in [6.45, 7) is 0.435. The molecule has 0 spiro atoms. The minimum atomic E-state index is 0.435. The van der Waals surface area contributed by atoms with Gasteiger partial charge in [-0.15, -0.1) is 0 Å². The Kier molecular flexibility index (Phi) is 4.79. The number of hydrogen-bond donors (Lipinski definition) is 0. The van der Waals surface area contributed by atoms with Gasteiger partial charge in [0.1, 0.15) is 18.1 Å². The number of aldehydes is 1. The molecule has 0 fully saturated rings. The van der Waals surface area contributed by atoms with E-state index in [0.717, 1.165) is 11.8 Å². The van der Waals surface area contributed by atoms with E-state index < -0.39 is 0 Å². The average Bonchev–Trinajstić information content (AvgIpc) is 2.46. The molecule has 0 bridgehead atoms. The molecule has 2 aromatic carbocycles. The van der Waals surface area contributed by atoms with Crippen LogP contribution < -0.4 is 9.47 Å². The Balaban J connectivity index is 2.10. The van der Waals surface area contributed by atoms with Crippen LogP contribution in [0.4, 0.5) is 0 Å². The molecule has 0 atom stereocenters. The molecule has 0 aliphatic carbocycles. The van der Waals surface area contributed by atoms with E-state index in [0.29, 0.717) is 23.7 Å². The molecule has 0 amide bonds. The van der Waals surface area contributed by atoms with Crippen molar-refractivity contribution in [1.29, 1.82) is 0 Å². The Hall–Kier alpha value is -1.56. The van der Waals surface area contributed by atoms with Crippen molar-refractivity contribution >= 4 is 28.9 Å². The van der Waals surface area contributed by atoms with E-state index in [2.05, 4.69) is 22.6 Å². The highest BCUT2D eigenvalue weighted by Gasteiger charge is 2.05. The summed E-state index contributed by atoms with van der Waals surface area (Å²) >= 11 is 2.25. The van der Waals surface area contributed by atoms with Gasteiger partial charge in [-0.2, -0.15) is 0 Å². The minimum Gasteiger partial charge on any atom is -0.497 e. The molecule has 0 saturated carbocycles. The zero-order valence-electron chi connectivity index (χ0n) is 10.4. The van der Waals surface area contributed by atoms with Crippen LogP contribution >= 0.6 is 22.6 Å². The second-order valence-corrected chi connectivity index (χ2v) is 5.18. The monoisotopic (exact) mass is 368 g/mol. The molecular formula is C15H13IO3. The lowest BCUT2D eigenvalue weighted by Crippen LogP contribution is -1.98. The van der Waals surface area contributed by atoms with E-state index in [-0.39, 0.29) is 0 Å². The fraction of sp³-hybridized carbons (Fsp3) is 0.133. The third-order valence-electron chi connectivity index (χ3n) is 2.65. The number of ether oxygens (including phenoxy) is 2. The first-order valence-corrected chi connectivity index (χ1v) is 6.81. The Morgan fingerprint density at radius 1 is 1.16 bits per heavy atom. The number of hydrogen-bond acceptors (Lipinski definition) is 3. The van der Waals surface area contributed by atoms with E-state index >= 15 is 0 Å². The predicted octanol–water partition coefficient (Wildman–Crippen LogP) is 3.69. The smallest absolute Gasteiger partial charge is 0.153 e. The van der Waals surface area contributed by atoms with Gasteiger partial charge in [-0.25, -0.2) is 0 Å². The second-order valence-electron chi connectivity index (χ2n) is 3.94. The summed E-state index contributed by atoms with van der Waals surface area (Å²) < 4.78 is 11.9. The molecule has 0 unspecified atom stereocenters. The highest BCUT2D eigenvalue weighted by molar-refractivity contribution is 14.1. The van der Waals surface area contributed by atoms with Gasteiger partial charge in [0.05, 0.1) is 12.7 Å². The zero-order chi connectivity index (χ0) is 13.7. The van der Waals surface area contributed by atoms with Gasteiger partial charge in [0.25, 0.3) is 0 Å². The standard InChI is InChI=1S/C15H13IO3/c1-18-14-6-7-15(12(8-14)9-17)19-10-11-2-4-13(16)5-3-11/h2-9H,10H2,1H3. The topological polar surface area (TPSA) is 35.5 Å². The summed E-state index contributed by atoms with van der Waals surface area (Å²) in [5.41, 5.74) is 1.55. The number of carbonyl (C=O) groups excluding carboxylic acids is 1. The van der Waals surface area contributed by atoms with E-state index in [9.17, 15) is 4.79 Å². The van der Waals surface area contributed by atoms with Crippen LogP contribution in [0.2, 0.25) is 0 Å². The van der Waals surface area contributed by atoms with E-state index in [1.807, 2.05) is 24.3 Å². The SMILES string of the molecule is COc1ccc(OCc2ccc(I)cc2)c(C=O)c1. The Bertz CT molecular complexity index is 564. The molecule has 98 valence electrons. The van der Waals surface area contributed by atoms with Gasteiger partial charge in [0.2, 0.25) is 0 Å². The maximum Gasteiger partial charge on any atom is 0.153 e. The molecule has 3 nitrogen and oxygen atoms in total. The van der Waals surface area contributed by atoms with Crippen molar-refractivity contribution in [1.82, 2.24) is 0 Å². The Labute approximate surface area is 125 Å². The Morgan fingerprint density at radius 3 is 2.53 bits per heavy atom. The molecule has 4 heteroatoms. The van der Waals surface area contributed by atoms with Crippen molar-refractivity contribution in [3.05, 3.63) is 57.2 Å². The fourth-order valence-electron chi connectivity index (χ4n) is 1.62. The van der Waals surface area contributed by atoms with Crippen molar-refractivity contribution in [2.75, 3.05) is 7.11 Å². The number of methoxy groups -OCH3 is 1. The van der Waals surface area contributed by atoms with Gasteiger partial charge < -0.3 is 9.47 Å². The molecule has 2 rings (SSSR count). The zero-order valence-corrected chi connectivity index (χ0v) is 12.6. The Morgan fingerprint density at radius 2 is 1.89 bits per heavy atom. The molecule has 0 aliphatic rings. The maximum absolute atomic E-state index is 11.0. The quantitative estimate of drug-likeness (QED) is 0.597. The summed E-state index contributed by atoms with van der Waals surface area (Å²) in [4.78, 5) is 11.0. The van der Waals surface area contributed by atoms with E-state index in [4.69, 9.17) is 9.47 Å². The summed E-state index contributed by atoms with van der Waals surface area (Å²) in [6.07, 6.45) is 0.770. The van der Waals surface area contributed by atoms with Crippen LogP contribution in [0.5, 0.6) is 11.5 Å². The van der Waals surface area contributed by atoms with Crippen LogP contribution in [0.1, 0.15) is 15.9 Å². The van der Waals surface area contributed by atoms with Gasteiger partial charge in [0.15, 0.2) is 6.29 Å². The van der Waals surface area contributed by atoms with Gasteiger partial charge in [-0.05, 0) is 58.5 Å². The third kappa shape index (κ3) is 3.70. The molecular weight excluding hydrogens is 355 g/mol. The molecule has 0 N–H and O–H groups in total. The van der Waals surface area contributed by atoms with Crippen LogP contribution in [0.3, 0.4) is 0 Å². The van der Waals surface area contributed by atoms with E-state index in [1.165, 1.54) is 3.57 Å². The summed E-state index contributed by atoms with van der Waals surface area (Å²) in [5.74, 6) is 1.21. The molecule has 2 aromatic rings. The van der Waals surface area contributed by atoms with Crippen molar-refractivity contribution < 1.29 is 14.3 Å². The summed E-state index contributed by atoms with van der Waals surface area (Å²) in [5, 5.41) is 0. The van der Waals surface area contributed by atoms with Crippen LogP contribution in [-0.4, -0.2) is 13.4 Å². The molecule has 0 heterocycles. The molecule has 19 heavy (non-hydrogen) atoms. The lowest BCUT2D eigenvalue weighted by Gasteiger charge is -2.10. The third-order valence-corrected chi connectivity index (χ3v) is 3.37.